The first-order valence-corrected chi connectivity index (χ1v) is 10.7. The number of hydrogen-bond donors (Lipinski definition) is 2. The minimum absolute atomic E-state index is 0.000954. The third-order valence-electron chi connectivity index (χ3n) is 6.19. The lowest BCUT2D eigenvalue weighted by Crippen LogP contribution is -2.14. The van der Waals surface area contributed by atoms with Crippen LogP contribution in [0.1, 0.15) is 88.2 Å². The highest BCUT2D eigenvalue weighted by molar-refractivity contribution is 5.27. The van der Waals surface area contributed by atoms with E-state index in [4.69, 9.17) is 10.2 Å². The Kier molecular flexibility index (Phi) is 9.63. The Bertz CT molecular complexity index is 505. The van der Waals surface area contributed by atoms with Crippen molar-refractivity contribution in [2.75, 3.05) is 13.2 Å². The van der Waals surface area contributed by atoms with Crippen molar-refractivity contribution in [2.45, 2.75) is 83.5 Å². The zero-order valence-corrected chi connectivity index (χ0v) is 16.4. The molecule has 2 N–H and O–H groups in total. The molecule has 1 saturated carbocycles. The molecule has 1 fully saturated rings. The zero-order valence-electron chi connectivity index (χ0n) is 16.4. The van der Waals surface area contributed by atoms with Gasteiger partial charge in [0.1, 0.15) is 5.82 Å². The fraction of sp³-hybridized carbons (Fsp3) is 0.739. The van der Waals surface area contributed by atoms with Crippen LogP contribution in [0.25, 0.3) is 0 Å². The molecule has 2 nitrogen and oxygen atoms in total. The Balaban J connectivity index is 1.80. The molecule has 3 heteroatoms. The quantitative estimate of drug-likeness (QED) is 0.502. The van der Waals surface area contributed by atoms with Gasteiger partial charge in [0.05, 0.1) is 0 Å². The molecule has 2 rings (SSSR count). The minimum atomic E-state index is -0.0860. The van der Waals surface area contributed by atoms with Gasteiger partial charge in [-0.25, -0.2) is 4.39 Å². The van der Waals surface area contributed by atoms with Crippen molar-refractivity contribution in [3.05, 3.63) is 35.1 Å². The number of halogens is 1. The number of aryl methyl sites for hydroxylation is 1. The normalized spacial score (nSPS) is 20.7. The highest BCUT2D eigenvalue weighted by atomic mass is 19.1. The fourth-order valence-corrected chi connectivity index (χ4v) is 4.31. The van der Waals surface area contributed by atoms with Gasteiger partial charge in [-0.3, -0.25) is 0 Å². The Morgan fingerprint density at radius 1 is 1.04 bits per heavy atom. The average molecular weight is 365 g/mol. The Labute approximate surface area is 158 Å². The van der Waals surface area contributed by atoms with Crippen molar-refractivity contribution < 1.29 is 14.6 Å². The van der Waals surface area contributed by atoms with E-state index in [-0.39, 0.29) is 24.9 Å². The monoisotopic (exact) mass is 364 g/mol. The first-order valence-electron chi connectivity index (χ1n) is 10.7. The van der Waals surface area contributed by atoms with E-state index in [0.717, 1.165) is 24.3 Å². The summed E-state index contributed by atoms with van der Waals surface area (Å²) in [4.78, 5) is 0. The van der Waals surface area contributed by atoms with E-state index in [0.29, 0.717) is 12.3 Å². The SMILES string of the molecule is CCCCCC1CCC(c2ccc(CCCC(CO)CO)c(F)c2)CC1. The molecule has 0 saturated heterocycles. The molecule has 0 bridgehead atoms. The molecule has 1 aliphatic rings. The summed E-state index contributed by atoms with van der Waals surface area (Å²) in [6, 6.07) is 5.83. The van der Waals surface area contributed by atoms with Crippen molar-refractivity contribution in [1.29, 1.82) is 0 Å². The molecule has 0 aromatic heterocycles. The van der Waals surface area contributed by atoms with Gasteiger partial charge in [-0.1, -0.05) is 44.7 Å². The number of rotatable bonds is 11. The Morgan fingerprint density at radius 3 is 2.38 bits per heavy atom. The second-order valence-corrected chi connectivity index (χ2v) is 8.19. The second-order valence-electron chi connectivity index (χ2n) is 8.19. The highest BCUT2D eigenvalue weighted by Crippen LogP contribution is 2.38. The zero-order chi connectivity index (χ0) is 18.8. The van der Waals surface area contributed by atoms with Crippen molar-refractivity contribution >= 4 is 0 Å². The van der Waals surface area contributed by atoms with E-state index in [1.54, 1.807) is 6.07 Å². The molecule has 0 heterocycles. The van der Waals surface area contributed by atoms with E-state index in [9.17, 15) is 4.39 Å². The first kappa shape index (κ1) is 21.4. The lowest BCUT2D eigenvalue weighted by atomic mass is 9.77. The van der Waals surface area contributed by atoms with Gasteiger partial charge in [-0.05, 0) is 74.0 Å². The number of aliphatic hydroxyl groups is 2. The van der Waals surface area contributed by atoms with Gasteiger partial charge < -0.3 is 10.2 Å². The predicted molar refractivity (Wildman–Crippen MR) is 106 cm³/mol. The van der Waals surface area contributed by atoms with E-state index in [2.05, 4.69) is 13.0 Å². The molecule has 0 spiro atoms. The van der Waals surface area contributed by atoms with Gasteiger partial charge in [-0.15, -0.1) is 0 Å². The van der Waals surface area contributed by atoms with E-state index in [1.807, 2.05) is 6.07 Å². The smallest absolute Gasteiger partial charge is 0.126 e. The lowest BCUT2D eigenvalue weighted by Gasteiger charge is -2.29. The van der Waals surface area contributed by atoms with Crippen LogP contribution < -0.4 is 0 Å². The molecular weight excluding hydrogens is 327 g/mol. The van der Waals surface area contributed by atoms with Crippen LogP contribution in [-0.2, 0) is 6.42 Å². The summed E-state index contributed by atoms with van der Waals surface area (Å²) >= 11 is 0. The van der Waals surface area contributed by atoms with Crippen LogP contribution in [0.2, 0.25) is 0 Å². The third kappa shape index (κ3) is 6.66. The van der Waals surface area contributed by atoms with Crippen LogP contribution in [0, 0.1) is 17.7 Å². The summed E-state index contributed by atoms with van der Waals surface area (Å²) < 4.78 is 14.5. The summed E-state index contributed by atoms with van der Waals surface area (Å²) in [6.45, 7) is 2.25. The van der Waals surface area contributed by atoms with Crippen molar-refractivity contribution in [1.82, 2.24) is 0 Å². The second kappa shape index (κ2) is 11.7. The average Bonchev–Trinajstić information content (AvgIpc) is 2.67. The summed E-state index contributed by atoms with van der Waals surface area (Å²) in [5, 5.41) is 18.2. The number of benzene rings is 1. The molecule has 1 aliphatic carbocycles. The first-order chi connectivity index (χ1) is 12.7. The maximum absolute atomic E-state index is 14.5. The summed E-state index contributed by atoms with van der Waals surface area (Å²) in [6.07, 6.45) is 12.6. The van der Waals surface area contributed by atoms with Gasteiger partial charge >= 0.3 is 0 Å². The molecule has 148 valence electrons. The summed E-state index contributed by atoms with van der Waals surface area (Å²) in [5.41, 5.74) is 1.93. The van der Waals surface area contributed by atoms with Crippen molar-refractivity contribution in [2.24, 2.45) is 11.8 Å². The van der Waals surface area contributed by atoms with Crippen LogP contribution in [0.4, 0.5) is 4.39 Å². The van der Waals surface area contributed by atoms with Gasteiger partial charge in [0.2, 0.25) is 0 Å². The number of unbranched alkanes of at least 4 members (excludes halogenated alkanes) is 2. The molecule has 0 radical (unpaired) electrons. The van der Waals surface area contributed by atoms with Crippen molar-refractivity contribution in [3.63, 3.8) is 0 Å². The van der Waals surface area contributed by atoms with Crippen molar-refractivity contribution in [3.8, 4) is 0 Å². The van der Waals surface area contributed by atoms with E-state index >= 15 is 0 Å². The van der Waals surface area contributed by atoms with Crippen LogP contribution in [-0.4, -0.2) is 23.4 Å². The van der Waals surface area contributed by atoms with Gasteiger partial charge in [0, 0.05) is 19.1 Å². The summed E-state index contributed by atoms with van der Waals surface area (Å²) in [7, 11) is 0. The number of hydrogen-bond acceptors (Lipinski definition) is 2. The molecule has 0 atom stereocenters. The fourth-order valence-electron chi connectivity index (χ4n) is 4.31. The van der Waals surface area contributed by atoms with Crippen LogP contribution in [0.15, 0.2) is 18.2 Å². The highest BCUT2D eigenvalue weighted by Gasteiger charge is 2.22. The topological polar surface area (TPSA) is 40.5 Å². The van der Waals surface area contributed by atoms with Crippen LogP contribution in [0.3, 0.4) is 0 Å². The van der Waals surface area contributed by atoms with Gasteiger partial charge in [0.15, 0.2) is 0 Å². The van der Waals surface area contributed by atoms with Gasteiger partial charge in [-0.2, -0.15) is 0 Å². The molecule has 0 unspecified atom stereocenters. The largest absolute Gasteiger partial charge is 0.396 e. The molecule has 0 amide bonds. The van der Waals surface area contributed by atoms with E-state index in [1.165, 1.54) is 56.9 Å². The Morgan fingerprint density at radius 2 is 1.77 bits per heavy atom. The molecule has 26 heavy (non-hydrogen) atoms. The standard InChI is InChI=1S/C23H37FO2/c1-2-3-4-6-18-9-11-20(12-10-18)22-14-13-21(23(24)15-22)8-5-7-19(16-25)17-26/h13-15,18-20,25-26H,2-12,16-17H2,1H3. The summed E-state index contributed by atoms with van der Waals surface area (Å²) in [5.74, 6) is 1.24. The molecule has 0 aliphatic heterocycles. The lowest BCUT2D eigenvalue weighted by molar-refractivity contribution is 0.142. The molecular formula is C23H37FO2. The number of aliphatic hydroxyl groups excluding tert-OH is 2. The molecule has 1 aromatic rings. The van der Waals surface area contributed by atoms with Crippen LogP contribution in [0.5, 0.6) is 0 Å². The van der Waals surface area contributed by atoms with Gasteiger partial charge in [0.25, 0.3) is 0 Å². The Hall–Kier alpha value is -0.930. The minimum Gasteiger partial charge on any atom is -0.396 e. The van der Waals surface area contributed by atoms with Crippen LogP contribution >= 0.6 is 0 Å². The van der Waals surface area contributed by atoms with E-state index < -0.39 is 0 Å². The maximum atomic E-state index is 14.5. The molecule has 1 aromatic carbocycles. The predicted octanol–water partition coefficient (Wildman–Crippen LogP) is 5.60. The maximum Gasteiger partial charge on any atom is 0.126 e. The third-order valence-corrected chi connectivity index (χ3v) is 6.19.